The first-order valence-electron chi connectivity index (χ1n) is 8.02. The SMILES string of the molecule is Cc1ncnn2cc(C34CC5CC(CC(C5)C3)C4)cc12. The summed E-state index contributed by atoms with van der Waals surface area (Å²) in [6, 6.07) is 2.38. The lowest BCUT2D eigenvalue weighted by Crippen LogP contribution is -2.48. The summed E-state index contributed by atoms with van der Waals surface area (Å²) in [6.45, 7) is 2.08. The first kappa shape index (κ1) is 11.3. The van der Waals surface area contributed by atoms with E-state index in [4.69, 9.17) is 0 Å². The van der Waals surface area contributed by atoms with E-state index < -0.39 is 0 Å². The summed E-state index contributed by atoms with van der Waals surface area (Å²) in [4.78, 5) is 4.34. The van der Waals surface area contributed by atoms with Crippen LogP contribution in [0.15, 0.2) is 18.6 Å². The third-order valence-electron chi connectivity index (χ3n) is 6.25. The number of hydrogen-bond donors (Lipinski definition) is 0. The van der Waals surface area contributed by atoms with Gasteiger partial charge in [0.1, 0.15) is 6.33 Å². The van der Waals surface area contributed by atoms with Crippen molar-refractivity contribution >= 4 is 5.52 Å². The highest BCUT2D eigenvalue weighted by atomic mass is 15.2. The smallest absolute Gasteiger partial charge is 0.136 e. The lowest BCUT2D eigenvalue weighted by atomic mass is 9.48. The van der Waals surface area contributed by atoms with Gasteiger partial charge in [-0.25, -0.2) is 9.50 Å². The van der Waals surface area contributed by atoms with E-state index in [0.29, 0.717) is 5.41 Å². The zero-order valence-corrected chi connectivity index (χ0v) is 12.0. The highest BCUT2D eigenvalue weighted by Gasteiger charge is 2.51. The molecule has 4 fully saturated rings. The molecule has 3 heteroatoms. The maximum Gasteiger partial charge on any atom is 0.136 e. The molecule has 20 heavy (non-hydrogen) atoms. The van der Waals surface area contributed by atoms with Crippen molar-refractivity contribution in [1.29, 1.82) is 0 Å². The molecule has 4 aliphatic rings. The quantitative estimate of drug-likeness (QED) is 0.791. The van der Waals surface area contributed by atoms with Gasteiger partial charge in [-0.3, -0.25) is 0 Å². The molecule has 0 atom stereocenters. The molecule has 2 heterocycles. The first-order valence-corrected chi connectivity index (χ1v) is 8.02. The van der Waals surface area contributed by atoms with Crippen molar-refractivity contribution in [2.75, 3.05) is 0 Å². The molecule has 4 saturated carbocycles. The van der Waals surface area contributed by atoms with Crippen molar-refractivity contribution in [3.8, 4) is 0 Å². The molecule has 6 rings (SSSR count). The Kier molecular flexibility index (Phi) is 2.05. The fourth-order valence-corrected chi connectivity index (χ4v) is 5.81. The van der Waals surface area contributed by atoms with Gasteiger partial charge in [-0.1, -0.05) is 0 Å². The number of rotatable bonds is 1. The van der Waals surface area contributed by atoms with Crippen LogP contribution in [0, 0.1) is 24.7 Å². The Morgan fingerprint density at radius 1 is 1.10 bits per heavy atom. The van der Waals surface area contributed by atoms with Crippen LogP contribution in [0.2, 0.25) is 0 Å². The number of nitrogens with zero attached hydrogens (tertiary/aromatic N) is 3. The molecular weight excluding hydrogens is 246 g/mol. The third-order valence-corrected chi connectivity index (χ3v) is 6.25. The lowest BCUT2D eigenvalue weighted by Gasteiger charge is -2.56. The van der Waals surface area contributed by atoms with Crippen molar-refractivity contribution in [3.05, 3.63) is 29.8 Å². The molecule has 3 nitrogen and oxygen atoms in total. The molecule has 2 aromatic heterocycles. The summed E-state index contributed by atoms with van der Waals surface area (Å²) < 4.78 is 2.04. The maximum absolute atomic E-state index is 4.40. The molecule has 0 aliphatic heterocycles. The Hall–Kier alpha value is -1.38. The monoisotopic (exact) mass is 267 g/mol. The fraction of sp³-hybridized carbons (Fsp3) is 0.647. The molecule has 0 spiro atoms. The molecule has 0 N–H and O–H groups in total. The highest BCUT2D eigenvalue weighted by Crippen LogP contribution is 2.60. The van der Waals surface area contributed by atoms with E-state index in [1.165, 1.54) is 44.0 Å². The van der Waals surface area contributed by atoms with Crippen LogP contribution in [0.25, 0.3) is 5.52 Å². The van der Waals surface area contributed by atoms with Crippen LogP contribution in [-0.2, 0) is 5.41 Å². The van der Waals surface area contributed by atoms with E-state index in [2.05, 4.69) is 29.3 Å². The Balaban J connectivity index is 1.65. The predicted octanol–water partition coefficient (Wildman–Crippen LogP) is 3.51. The minimum absolute atomic E-state index is 0.467. The second-order valence-electron chi connectivity index (χ2n) is 7.60. The van der Waals surface area contributed by atoms with E-state index in [1.807, 2.05) is 4.52 Å². The van der Waals surface area contributed by atoms with Gasteiger partial charge in [0.15, 0.2) is 0 Å². The summed E-state index contributed by atoms with van der Waals surface area (Å²) in [7, 11) is 0. The van der Waals surface area contributed by atoms with E-state index >= 15 is 0 Å². The summed E-state index contributed by atoms with van der Waals surface area (Å²) in [6.07, 6.45) is 12.7. The predicted molar refractivity (Wildman–Crippen MR) is 77.6 cm³/mol. The molecule has 4 bridgehead atoms. The van der Waals surface area contributed by atoms with E-state index in [1.54, 1.807) is 11.9 Å². The third kappa shape index (κ3) is 1.41. The van der Waals surface area contributed by atoms with E-state index in [9.17, 15) is 0 Å². The van der Waals surface area contributed by atoms with Crippen molar-refractivity contribution in [2.45, 2.75) is 50.9 Å². The molecular formula is C17H21N3. The molecule has 0 saturated heterocycles. The van der Waals surface area contributed by atoms with Gasteiger partial charge in [0.05, 0.1) is 11.2 Å². The zero-order chi connectivity index (χ0) is 13.3. The Morgan fingerprint density at radius 2 is 1.75 bits per heavy atom. The van der Waals surface area contributed by atoms with Crippen LogP contribution in [0.3, 0.4) is 0 Å². The average Bonchev–Trinajstić information content (AvgIpc) is 2.83. The van der Waals surface area contributed by atoms with Gasteiger partial charge in [-0.05, 0) is 80.2 Å². The van der Waals surface area contributed by atoms with E-state index in [-0.39, 0.29) is 0 Å². The highest BCUT2D eigenvalue weighted by molar-refractivity contribution is 5.54. The number of aromatic nitrogens is 3. The standard InChI is InChI=1S/C17H21N3/c1-11-16-5-15(9-20(16)19-10-18-11)17-6-12-2-13(7-17)4-14(3-12)8-17/h5,9-10,12-14H,2-4,6-8H2,1H3. The van der Waals surface area contributed by atoms with Crippen LogP contribution in [0.4, 0.5) is 0 Å². The van der Waals surface area contributed by atoms with Gasteiger partial charge in [0, 0.05) is 6.20 Å². The van der Waals surface area contributed by atoms with Gasteiger partial charge < -0.3 is 0 Å². The van der Waals surface area contributed by atoms with Crippen molar-refractivity contribution < 1.29 is 0 Å². The van der Waals surface area contributed by atoms with Crippen LogP contribution < -0.4 is 0 Å². The lowest BCUT2D eigenvalue weighted by molar-refractivity contribution is -0.00515. The topological polar surface area (TPSA) is 30.2 Å². The van der Waals surface area contributed by atoms with Crippen molar-refractivity contribution in [3.63, 3.8) is 0 Å². The molecule has 0 radical (unpaired) electrons. The van der Waals surface area contributed by atoms with Crippen molar-refractivity contribution in [1.82, 2.24) is 14.6 Å². The van der Waals surface area contributed by atoms with Gasteiger partial charge >= 0.3 is 0 Å². The van der Waals surface area contributed by atoms with Crippen LogP contribution in [-0.4, -0.2) is 14.6 Å². The number of fused-ring (bicyclic) bond motifs is 1. The van der Waals surface area contributed by atoms with Gasteiger partial charge in [-0.15, -0.1) is 0 Å². The molecule has 0 amide bonds. The van der Waals surface area contributed by atoms with Gasteiger partial charge in [-0.2, -0.15) is 5.10 Å². The van der Waals surface area contributed by atoms with Crippen LogP contribution >= 0.6 is 0 Å². The van der Waals surface area contributed by atoms with Gasteiger partial charge in [0.2, 0.25) is 0 Å². The Morgan fingerprint density at radius 3 is 2.35 bits per heavy atom. The van der Waals surface area contributed by atoms with Gasteiger partial charge in [0.25, 0.3) is 0 Å². The average molecular weight is 267 g/mol. The number of hydrogen-bond acceptors (Lipinski definition) is 2. The van der Waals surface area contributed by atoms with E-state index in [0.717, 1.165) is 23.4 Å². The van der Waals surface area contributed by atoms with Crippen LogP contribution in [0.1, 0.15) is 49.8 Å². The minimum atomic E-state index is 0.467. The number of aryl methyl sites for hydroxylation is 1. The second-order valence-corrected chi connectivity index (χ2v) is 7.60. The Bertz CT molecular complexity index is 649. The summed E-state index contributed by atoms with van der Waals surface area (Å²) >= 11 is 0. The normalized spacial score (nSPS) is 38.8. The molecule has 4 aliphatic carbocycles. The molecule has 2 aromatic rings. The molecule has 0 unspecified atom stereocenters. The second kappa shape index (κ2) is 3.63. The maximum atomic E-state index is 4.40. The largest absolute Gasteiger partial charge is 0.238 e. The first-order chi connectivity index (χ1) is 9.72. The zero-order valence-electron chi connectivity index (χ0n) is 12.0. The summed E-state index contributed by atoms with van der Waals surface area (Å²) in [5.41, 5.74) is 4.30. The fourth-order valence-electron chi connectivity index (χ4n) is 5.81. The minimum Gasteiger partial charge on any atom is -0.238 e. The molecule has 0 aromatic carbocycles. The summed E-state index contributed by atoms with van der Waals surface area (Å²) in [5.74, 6) is 2.99. The Labute approximate surface area is 119 Å². The van der Waals surface area contributed by atoms with Crippen molar-refractivity contribution in [2.24, 2.45) is 17.8 Å². The summed E-state index contributed by atoms with van der Waals surface area (Å²) in [5, 5.41) is 4.40. The molecule has 104 valence electrons. The van der Waals surface area contributed by atoms with Crippen LogP contribution in [0.5, 0.6) is 0 Å².